The monoisotopic (exact) mass is 523 g/mol. The van der Waals surface area contributed by atoms with Crippen LogP contribution in [-0.2, 0) is 14.4 Å². The van der Waals surface area contributed by atoms with Crippen LogP contribution >= 0.6 is 23.4 Å². The molecular weight excluding hydrogens is 506 g/mol. The number of amides is 2. The van der Waals surface area contributed by atoms with Crippen molar-refractivity contribution < 1.29 is 38.5 Å². The van der Waals surface area contributed by atoms with Crippen molar-refractivity contribution in [2.24, 2.45) is 4.99 Å². The Labute approximate surface area is 206 Å². The summed E-state index contributed by atoms with van der Waals surface area (Å²) in [4.78, 5) is 63.8. The van der Waals surface area contributed by atoms with Crippen molar-refractivity contribution in [1.29, 1.82) is 0 Å². The second-order valence-corrected chi connectivity index (χ2v) is 8.64. The number of carbonyl (C=O) groups excluding carboxylic acids is 2. The van der Waals surface area contributed by atoms with Gasteiger partial charge < -0.3 is 30.0 Å². The number of benzene rings is 1. The Morgan fingerprint density at radius 2 is 2.03 bits per heavy atom. The summed E-state index contributed by atoms with van der Waals surface area (Å²) in [5.41, 5.74) is -1.40. The number of hydrogen-bond acceptors (Lipinski definition) is 9. The fourth-order valence-electron chi connectivity index (χ4n) is 3.06. The fourth-order valence-corrected chi connectivity index (χ4v) is 4.37. The predicted octanol–water partition coefficient (Wildman–Crippen LogP) is 0.909. The largest absolute Gasteiger partial charge is 0.495 e. The van der Waals surface area contributed by atoms with E-state index in [0.29, 0.717) is 5.39 Å². The van der Waals surface area contributed by atoms with Crippen molar-refractivity contribution in [3.8, 4) is 5.75 Å². The molecular formula is C21H18ClN3O9S. The quantitative estimate of drug-likeness (QED) is 0.362. The third-order valence-electron chi connectivity index (χ3n) is 4.75. The molecule has 1 aromatic carbocycles. The van der Waals surface area contributed by atoms with Gasteiger partial charge in [0.25, 0.3) is 5.91 Å². The number of carboxylic acid groups (broad SMARTS) is 2. The molecule has 2 heterocycles. The minimum atomic E-state index is -1.57. The highest BCUT2D eigenvalue weighted by atomic mass is 35.5. The Morgan fingerprint density at radius 1 is 1.31 bits per heavy atom. The summed E-state index contributed by atoms with van der Waals surface area (Å²) in [6.07, 6.45) is 0. The van der Waals surface area contributed by atoms with E-state index in [0.717, 1.165) is 11.8 Å². The molecule has 1 aliphatic rings. The van der Waals surface area contributed by atoms with Crippen LogP contribution in [0.2, 0.25) is 5.02 Å². The number of aliphatic imine (C=N–C) groups is 1. The Kier molecular flexibility index (Phi) is 7.82. The zero-order valence-electron chi connectivity index (χ0n) is 18.0. The van der Waals surface area contributed by atoms with Gasteiger partial charge in [0, 0.05) is 17.2 Å². The number of fused-ring (bicyclic) bond motifs is 1. The molecule has 2 amide bonds. The molecule has 0 saturated heterocycles. The molecule has 3 rings (SSSR count). The van der Waals surface area contributed by atoms with Crippen LogP contribution in [0, 0.1) is 0 Å². The van der Waals surface area contributed by atoms with Gasteiger partial charge >= 0.3 is 17.6 Å². The normalized spacial score (nSPS) is 16.2. The fraction of sp³-hybridized carbons (Fsp3) is 0.238. The standard InChI is InChI=1S/C21H18ClN3O9S/c1-8-7-35-18(25-15(8)19(28)29)16(20(30)31)24-14(26)6-23-17(27)10-3-9-4-11(22)13(33-2)5-12(9)34-21(10)32/h3-5,16,18H,1,6-7H2,2H3,(H,23,27)(H,24,26)(H,28,29)(H,30,31). The maximum absolute atomic E-state index is 12.5. The van der Waals surface area contributed by atoms with Gasteiger partial charge in [-0.15, -0.1) is 11.8 Å². The molecule has 0 bridgehead atoms. The molecule has 2 aromatic rings. The molecule has 0 saturated carbocycles. The van der Waals surface area contributed by atoms with E-state index in [1.54, 1.807) is 0 Å². The minimum Gasteiger partial charge on any atom is -0.495 e. The topological polar surface area (TPSA) is 185 Å². The van der Waals surface area contributed by atoms with Crippen LogP contribution in [0.25, 0.3) is 11.0 Å². The lowest BCUT2D eigenvalue weighted by Crippen LogP contribution is -2.51. The third kappa shape index (κ3) is 5.81. The van der Waals surface area contributed by atoms with E-state index in [-0.39, 0.29) is 33.4 Å². The molecule has 12 nitrogen and oxygen atoms in total. The third-order valence-corrected chi connectivity index (χ3v) is 6.28. The number of aliphatic carboxylic acids is 2. The van der Waals surface area contributed by atoms with E-state index in [1.807, 2.05) is 0 Å². The van der Waals surface area contributed by atoms with Crippen molar-refractivity contribution in [2.75, 3.05) is 19.4 Å². The second kappa shape index (κ2) is 10.6. The summed E-state index contributed by atoms with van der Waals surface area (Å²) < 4.78 is 10.2. The van der Waals surface area contributed by atoms with E-state index in [9.17, 15) is 34.2 Å². The number of rotatable bonds is 8. The molecule has 0 spiro atoms. The van der Waals surface area contributed by atoms with Gasteiger partial charge in [-0.3, -0.25) is 14.6 Å². The molecule has 0 aliphatic carbocycles. The maximum atomic E-state index is 12.5. The summed E-state index contributed by atoms with van der Waals surface area (Å²) in [6, 6.07) is 2.47. The predicted molar refractivity (Wildman–Crippen MR) is 126 cm³/mol. The molecule has 184 valence electrons. The van der Waals surface area contributed by atoms with Gasteiger partial charge in [0.2, 0.25) is 5.91 Å². The minimum absolute atomic E-state index is 0.111. The average Bonchev–Trinajstić information content (AvgIpc) is 2.80. The summed E-state index contributed by atoms with van der Waals surface area (Å²) in [5.74, 6) is -4.28. The Morgan fingerprint density at radius 3 is 2.66 bits per heavy atom. The number of nitrogens with zero attached hydrogens (tertiary/aromatic N) is 1. The number of carbonyl (C=O) groups is 4. The SMILES string of the molecule is C=C1CSC(C(NC(=O)CNC(=O)c2cc3cc(Cl)c(OC)cc3oc2=O)C(=O)O)N=C1C(=O)O. The summed E-state index contributed by atoms with van der Waals surface area (Å²) in [5, 5.41) is 22.5. The Balaban J connectivity index is 1.71. The second-order valence-electron chi connectivity index (χ2n) is 7.13. The first-order chi connectivity index (χ1) is 16.5. The molecule has 14 heteroatoms. The van der Waals surface area contributed by atoms with E-state index in [2.05, 4.69) is 22.2 Å². The van der Waals surface area contributed by atoms with Gasteiger partial charge in [0.15, 0.2) is 6.04 Å². The lowest BCUT2D eigenvalue weighted by molar-refractivity contribution is -0.141. The van der Waals surface area contributed by atoms with Crippen LogP contribution in [0.3, 0.4) is 0 Å². The Hall–Kier alpha value is -3.84. The van der Waals surface area contributed by atoms with Gasteiger partial charge in [0.05, 0.1) is 18.7 Å². The highest BCUT2D eigenvalue weighted by Crippen LogP contribution is 2.29. The van der Waals surface area contributed by atoms with Crippen molar-refractivity contribution in [3.05, 3.63) is 51.4 Å². The first-order valence-electron chi connectivity index (χ1n) is 9.74. The van der Waals surface area contributed by atoms with Crippen LogP contribution in [0.15, 0.2) is 44.6 Å². The number of thioether (sulfide) groups is 1. The van der Waals surface area contributed by atoms with Crippen LogP contribution in [0.5, 0.6) is 5.75 Å². The Bertz CT molecular complexity index is 1340. The summed E-state index contributed by atoms with van der Waals surface area (Å²) >= 11 is 7.05. The number of methoxy groups -OCH3 is 1. The highest BCUT2D eigenvalue weighted by molar-refractivity contribution is 8.00. The molecule has 0 fully saturated rings. The van der Waals surface area contributed by atoms with Crippen LogP contribution in [0.4, 0.5) is 0 Å². The zero-order chi connectivity index (χ0) is 25.9. The molecule has 1 aromatic heterocycles. The van der Waals surface area contributed by atoms with Crippen molar-refractivity contribution in [1.82, 2.24) is 10.6 Å². The van der Waals surface area contributed by atoms with Gasteiger partial charge in [-0.25, -0.2) is 14.4 Å². The van der Waals surface area contributed by atoms with Gasteiger partial charge in [-0.2, -0.15) is 0 Å². The van der Waals surface area contributed by atoms with E-state index >= 15 is 0 Å². The molecule has 35 heavy (non-hydrogen) atoms. The average molecular weight is 524 g/mol. The molecule has 1 aliphatic heterocycles. The van der Waals surface area contributed by atoms with Crippen LogP contribution in [-0.4, -0.2) is 70.5 Å². The number of halogens is 1. The summed E-state index contributed by atoms with van der Waals surface area (Å²) in [7, 11) is 1.38. The number of carboxylic acids is 2. The van der Waals surface area contributed by atoms with Crippen molar-refractivity contribution >= 4 is 63.8 Å². The van der Waals surface area contributed by atoms with E-state index in [1.165, 1.54) is 25.3 Å². The van der Waals surface area contributed by atoms with Gasteiger partial charge in [-0.1, -0.05) is 18.2 Å². The lowest BCUT2D eigenvalue weighted by atomic mass is 10.1. The van der Waals surface area contributed by atoms with Crippen LogP contribution in [0.1, 0.15) is 10.4 Å². The summed E-state index contributed by atoms with van der Waals surface area (Å²) in [6.45, 7) is 2.89. The van der Waals surface area contributed by atoms with Crippen molar-refractivity contribution in [2.45, 2.75) is 11.4 Å². The number of hydrogen-bond donors (Lipinski definition) is 4. The molecule has 4 N–H and O–H groups in total. The highest BCUT2D eigenvalue weighted by Gasteiger charge is 2.34. The number of nitrogens with one attached hydrogen (secondary N) is 2. The lowest BCUT2D eigenvalue weighted by Gasteiger charge is -2.25. The van der Waals surface area contributed by atoms with Gasteiger partial charge in [0.1, 0.15) is 28.0 Å². The maximum Gasteiger partial charge on any atom is 0.354 e. The molecule has 2 atom stereocenters. The first kappa shape index (κ1) is 25.8. The van der Waals surface area contributed by atoms with Crippen LogP contribution < -0.4 is 21.0 Å². The molecule has 0 radical (unpaired) electrons. The zero-order valence-corrected chi connectivity index (χ0v) is 19.6. The van der Waals surface area contributed by atoms with E-state index in [4.69, 9.17) is 20.8 Å². The number of ether oxygens (including phenoxy) is 1. The molecule has 2 unspecified atom stereocenters. The smallest absolute Gasteiger partial charge is 0.354 e. The van der Waals surface area contributed by atoms with E-state index < -0.39 is 52.9 Å². The van der Waals surface area contributed by atoms with Crippen molar-refractivity contribution in [3.63, 3.8) is 0 Å². The first-order valence-corrected chi connectivity index (χ1v) is 11.2. The van der Waals surface area contributed by atoms with Gasteiger partial charge in [-0.05, 0) is 17.7 Å².